The molecule has 1 aliphatic carbocycles. The molecule has 30 heavy (non-hydrogen) atoms. The molecule has 0 bridgehead atoms. The molecule has 0 fully saturated rings. The molecule has 1 aromatic heterocycles. The van der Waals surface area contributed by atoms with Gasteiger partial charge in [-0.25, -0.2) is 9.37 Å². The molecule has 6 nitrogen and oxygen atoms in total. The Balaban J connectivity index is 1.68. The number of aromatic nitrogens is 2. The van der Waals surface area contributed by atoms with E-state index in [1.54, 1.807) is 12.1 Å². The summed E-state index contributed by atoms with van der Waals surface area (Å²) in [7, 11) is 0. The van der Waals surface area contributed by atoms with E-state index in [2.05, 4.69) is 20.6 Å². The molecular weight excluding hydrogens is 383 g/mol. The summed E-state index contributed by atoms with van der Waals surface area (Å²) in [4.78, 5) is 21.9. The van der Waals surface area contributed by atoms with Gasteiger partial charge in [-0.15, -0.1) is 0 Å². The van der Waals surface area contributed by atoms with E-state index in [9.17, 15) is 9.18 Å². The van der Waals surface area contributed by atoms with Crippen molar-refractivity contribution < 1.29 is 13.9 Å². The monoisotopic (exact) mass is 406 g/mol. The van der Waals surface area contributed by atoms with Gasteiger partial charge in [-0.05, 0) is 67.8 Å². The predicted octanol–water partition coefficient (Wildman–Crippen LogP) is 5.27. The highest BCUT2D eigenvalue weighted by Crippen LogP contribution is 2.32. The quantitative estimate of drug-likeness (QED) is 0.581. The van der Waals surface area contributed by atoms with Crippen LogP contribution in [0.2, 0.25) is 0 Å². The third-order valence-corrected chi connectivity index (χ3v) is 4.87. The Bertz CT molecular complexity index is 1050. The number of ether oxygens (including phenoxy) is 1. The minimum atomic E-state index is -0.316. The van der Waals surface area contributed by atoms with Crippen LogP contribution in [0.15, 0.2) is 48.5 Å². The van der Waals surface area contributed by atoms with Crippen LogP contribution >= 0.6 is 0 Å². The maximum atomic E-state index is 13.2. The summed E-state index contributed by atoms with van der Waals surface area (Å²) in [6.07, 6.45) is 1.17. The molecule has 0 saturated heterocycles. The van der Waals surface area contributed by atoms with Gasteiger partial charge in [0.1, 0.15) is 17.4 Å². The van der Waals surface area contributed by atoms with Crippen LogP contribution in [-0.2, 0) is 6.42 Å². The van der Waals surface area contributed by atoms with Crippen LogP contribution in [-0.4, -0.2) is 22.4 Å². The highest BCUT2D eigenvalue weighted by atomic mass is 19.1. The molecule has 0 spiro atoms. The third-order valence-electron chi connectivity index (χ3n) is 4.87. The number of nitrogens with one attached hydrogen (secondary N) is 2. The maximum Gasteiger partial charge on any atom is 0.229 e. The topological polar surface area (TPSA) is 76.1 Å². The van der Waals surface area contributed by atoms with E-state index in [1.807, 2.05) is 38.1 Å². The van der Waals surface area contributed by atoms with Crippen molar-refractivity contribution in [2.24, 2.45) is 5.92 Å². The lowest BCUT2D eigenvalue weighted by atomic mass is 9.87. The molecule has 0 radical (unpaired) electrons. The molecule has 1 aliphatic rings. The van der Waals surface area contributed by atoms with Crippen molar-refractivity contribution >= 4 is 28.9 Å². The van der Waals surface area contributed by atoms with Gasteiger partial charge in [-0.1, -0.05) is 6.92 Å². The number of rotatable bonds is 6. The number of halogens is 1. The summed E-state index contributed by atoms with van der Waals surface area (Å²) in [5, 5.41) is 6.36. The van der Waals surface area contributed by atoms with Gasteiger partial charge in [-0.2, -0.15) is 4.98 Å². The van der Waals surface area contributed by atoms with Crippen molar-refractivity contribution in [3.8, 4) is 5.75 Å². The van der Waals surface area contributed by atoms with Gasteiger partial charge < -0.3 is 15.4 Å². The minimum absolute atomic E-state index is 0.0329. The van der Waals surface area contributed by atoms with E-state index in [1.165, 1.54) is 12.1 Å². The Morgan fingerprint density at radius 1 is 1.00 bits per heavy atom. The van der Waals surface area contributed by atoms with E-state index >= 15 is 0 Å². The van der Waals surface area contributed by atoms with Crippen LogP contribution in [0.5, 0.6) is 5.75 Å². The lowest BCUT2D eigenvalue weighted by molar-refractivity contribution is 0.0952. The highest BCUT2D eigenvalue weighted by Gasteiger charge is 2.28. The molecule has 0 aliphatic heterocycles. The van der Waals surface area contributed by atoms with E-state index in [0.29, 0.717) is 48.2 Å². The Hall–Kier alpha value is -3.48. The molecule has 3 aromatic rings. The summed E-state index contributed by atoms with van der Waals surface area (Å²) >= 11 is 0. The molecule has 1 atom stereocenters. The van der Waals surface area contributed by atoms with E-state index in [4.69, 9.17) is 4.74 Å². The Labute approximate surface area is 174 Å². The molecule has 1 heterocycles. The van der Waals surface area contributed by atoms with Crippen molar-refractivity contribution in [3.63, 3.8) is 0 Å². The number of benzene rings is 2. The first-order valence-corrected chi connectivity index (χ1v) is 9.98. The van der Waals surface area contributed by atoms with Crippen molar-refractivity contribution in [3.05, 3.63) is 65.6 Å². The normalized spacial score (nSPS) is 15.4. The predicted molar refractivity (Wildman–Crippen MR) is 114 cm³/mol. The number of hydrogen-bond donors (Lipinski definition) is 2. The average Bonchev–Trinajstić information content (AvgIpc) is 2.71. The van der Waals surface area contributed by atoms with Crippen LogP contribution < -0.4 is 15.4 Å². The molecule has 0 saturated carbocycles. The van der Waals surface area contributed by atoms with Gasteiger partial charge in [0, 0.05) is 17.8 Å². The molecule has 154 valence electrons. The van der Waals surface area contributed by atoms with Crippen molar-refractivity contribution in [2.75, 3.05) is 17.2 Å². The molecule has 1 unspecified atom stereocenters. The molecule has 2 aromatic carbocycles. The van der Waals surface area contributed by atoms with Crippen LogP contribution in [0.1, 0.15) is 36.3 Å². The lowest BCUT2D eigenvalue weighted by Crippen LogP contribution is -2.22. The smallest absolute Gasteiger partial charge is 0.229 e. The molecule has 2 N–H and O–H groups in total. The number of carbonyl (C=O) groups is 1. The van der Waals surface area contributed by atoms with Crippen LogP contribution in [0, 0.1) is 11.7 Å². The summed E-state index contributed by atoms with van der Waals surface area (Å²) in [5.74, 6) is 1.53. The van der Waals surface area contributed by atoms with Crippen molar-refractivity contribution in [2.45, 2.75) is 26.7 Å². The summed E-state index contributed by atoms with van der Waals surface area (Å²) in [6.45, 7) is 4.56. The summed E-state index contributed by atoms with van der Waals surface area (Å²) < 4.78 is 18.7. The molecule has 4 rings (SSSR count). The first kappa shape index (κ1) is 19.8. The SMILES string of the molecule is CCOc1ccc(Nc2nc(Nc3ccc(F)cc3)nc3c2C(=O)CC(C)C3)cc1. The van der Waals surface area contributed by atoms with Crippen LogP contribution in [0.25, 0.3) is 0 Å². The standard InChI is InChI=1S/C23H23FN4O2/c1-3-30-18-10-8-16(9-11-18)25-22-21-19(12-14(2)13-20(21)29)27-23(28-22)26-17-6-4-15(24)5-7-17/h4-11,14H,3,12-13H2,1-2H3,(H2,25,26,27,28). The third kappa shape index (κ3) is 4.40. The summed E-state index contributed by atoms with van der Waals surface area (Å²) in [6, 6.07) is 13.4. The zero-order valence-corrected chi connectivity index (χ0v) is 16.9. The fourth-order valence-electron chi connectivity index (χ4n) is 3.52. The number of fused-ring (bicyclic) bond motifs is 1. The Kier molecular flexibility index (Phi) is 5.61. The first-order valence-electron chi connectivity index (χ1n) is 9.98. The second-order valence-corrected chi connectivity index (χ2v) is 7.37. The van der Waals surface area contributed by atoms with Gasteiger partial charge in [0.15, 0.2) is 5.78 Å². The van der Waals surface area contributed by atoms with Gasteiger partial charge in [0.05, 0.1) is 17.9 Å². The van der Waals surface area contributed by atoms with Crippen molar-refractivity contribution in [1.82, 2.24) is 9.97 Å². The molecule has 0 amide bonds. The van der Waals surface area contributed by atoms with E-state index in [-0.39, 0.29) is 17.5 Å². The number of hydrogen-bond acceptors (Lipinski definition) is 6. The van der Waals surface area contributed by atoms with Gasteiger partial charge in [0.2, 0.25) is 5.95 Å². The highest BCUT2D eigenvalue weighted by molar-refractivity contribution is 6.03. The largest absolute Gasteiger partial charge is 0.494 e. The minimum Gasteiger partial charge on any atom is -0.494 e. The van der Waals surface area contributed by atoms with Crippen LogP contribution in [0.3, 0.4) is 0 Å². The maximum absolute atomic E-state index is 13.2. The molecule has 7 heteroatoms. The average molecular weight is 406 g/mol. The van der Waals surface area contributed by atoms with Crippen LogP contribution in [0.4, 0.5) is 27.5 Å². The Morgan fingerprint density at radius 3 is 2.37 bits per heavy atom. The zero-order valence-electron chi connectivity index (χ0n) is 16.9. The summed E-state index contributed by atoms with van der Waals surface area (Å²) in [5.41, 5.74) is 2.70. The second kappa shape index (κ2) is 8.49. The number of nitrogens with zero attached hydrogens (tertiary/aromatic N) is 2. The van der Waals surface area contributed by atoms with E-state index < -0.39 is 0 Å². The fourth-order valence-corrected chi connectivity index (χ4v) is 3.52. The van der Waals surface area contributed by atoms with Gasteiger partial charge in [0.25, 0.3) is 0 Å². The molecular formula is C23H23FN4O2. The van der Waals surface area contributed by atoms with Crippen molar-refractivity contribution in [1.29, 1.82) is 0 Å². The first-order chi connectivity index (χ1) is 14.5. The number of anilines is 4. The zero-order chi connectivity index (χ0) is 21.1. The fraction of sp³-hybridized carbons (Fsp3) is 0.261. The Morgan fingerprint density at radius 2 is 1.67 bits per heavy atom. The number of carbonyl (C=O) groups excluding carboxylic acids is 1. The second-order valence-electron chi connectivity index (χ2n) is 7.37. The number of ketones is 1. The van der Waals surface area contributed by atoms with Gasteiger partial charge in [-0.3, -0.25) is 4.79 Å². The van der Waals surface area contributed by atoms with Gasteiger partial charge >= 0.3 is 0 Å². The lowest BCUT2D eigenvalue weighted by Gasteiger charge is -2.23. The number of Topliss-reactive ketones (excluding diaryl/α,β-unsaturated/α-hetero) is 1. The van der Waals surface area contributed by atoms with E-state index in [0.717, 1.165) is 11.4 Å².